The van der Waals surface area contributed by atoms with E-state index in [0.717, 1.165) is 31.6 Å². The first-order chi connectivity index (χ1) is 10.2. The number of hydrogen-bond donors (Lipinski definition) is 1. The van der Waals surface area contributed by atoms with Crippen molar-refractivity contribution in [2.24, 2.45) is 5.92 Å². The third-order valence-corrected chi connectivity index (χ3v) is 4.07. The summed E-state index contributed by atoms with van der Waals surface area (Å²) in [5.74, 6) is 0.570. The number of carbonyl (C=O) groups is 1. The van der Waals surface area contributed by atoms with E-state index in [-0.39, 0.29) is 11.7 Å². The maximum atomic E-state index is 12.7. The van der Waals surface area contributed by atoms with E-state index in [9.17, 15) is 4.79 Å². The van der Waals surface area contributed by atoms with Crippen LogP contribution in [0.3, 0.4) is 0 Å². The van der Waals surface area contributed by atoms with Gasteiger partial charge >= 0.3 is 0 Å². The number of likely N-dealkylation sites (tertiary alicyclic amines) is 1. The van der Waals surface area contributed by atoms with Crippen LogP contribution in [0.15, 0.2) is 36.5 Å². The van der Waals surface area contributed by atoms with E-state index in [2.05, 4.69) is 17.0 Å². The molecule has 1 atom stereocenters. The molecule has 0 radical (unpaired) electrons. The SMILES string of the molecule is CN1CCC[C@@H](C(=O)c2cnn(-c3ccccc3)c2N)C1. The Morgan fingerprint density at radius 2 is 2.10 bits per heavy atom. The molecule has 2 aromatic rings. The molecule has 5 heteroatoms. The van der Waals surface area contributed by atoms with E-state index in [0.29, 0.717) is 11.4 Å². The highest BCUT2D eigenvalue weighted by molar-refractivity contribution is 6.01. The Labute approximate surface area is 124 Å². The highest BCUT2D eigenvalue weighted by atomic mass is 16.1. The van der Waals surface area contributed by atoms with E-state index in [1.807, 2.05) is 30.3 Å². The van der Waals surface area contributed by atoms with Crippen molar-refractivity contribution in [2.45, 2.75) is 12.8 Å². The van der Waals surface area contributed by atoms with E-state index >= 15 is 0 Å². The Morgan fingerprint density at radius 3 is 2.81 bits per heavy atom. The first kappa shape index (κ1) is 13.8. The lowest BCUT2D eigenvalue weighted by Crippen LogP contribution is -2.36. The van der Waals surface area contributed by atoms with Crippen LogP contribution in [-0.2, 0) is 0 Å². The number of carbonyl (C=O) groups excluding carboxylic acids is 1. The summed E-state index contributed by atoms with van der Waals surface area (Å²) < 4.78 is 1.62. The Morgan fingerprint density at radius 1 is 1.33 bits per heavy atom. The Hall–Kier alpha value is -2.14. The zero-order chi connectivity index (χ0) is 14.8. The number of piperidine rings is 1. The summed E-state index contributed by atoms with van der Waals surface area (Å²) in [7, 11) is 2.05. The lowest BCUT2D eigenvalue weighted by Gasteiger charge is -2.28. The van der Waals surface area contributed by atoms with Crippen molar-refractivity contribution < 1.29 is 4.79 Å². The molecule has 1 aliphatic rings. The minimum atomic E-state index is 0.0273. The number of benzene rings is 1. The molecule has 0 unspecified atom stereocenters. The number of hydrogen-bond acceptors (Lipinski definition) is 4. The molecular formula is C16H20N4O. The fourth-order valence-electron chi connectivity index (χ4n) is 2.92. The van der Waals surface area contributed by atoms with Crippen molar-refractivity contribution in [3.05, 3.63) is 42.1 Å². The summed E-state index contributed by atoms with van der Waals surface area (Å²) in [5.41, 5.74) is 7.55. The van der Waals surface area contributed by atoms with Gasteiger partial charge in [0.1, 0.15) is 5.82 Å². The highest BCUT2D eigenvalue weighted by Crippen LogP contribution is 2.24. The van der Waals surface area contributed by atoms with Gasteiger partial charge in [0.2, 0.25) is 0 Å². The zero-order valence-corrected chi connectivity index (χ0v) is 12.2. The number of anilines is 1. The largest absolute Gasteiger partial charge is 0.383 e. The number of nitrogens with zero attached hydrogens (tertiary/aromatic N) is 3. The summed E-state index contributed by atoms with van der Waals surface area (Å²) >= 11 is 0. The molecule has 1 aromatic carbocycles. The number of rotatable bonds is 3. The molecule has 1 aromatic heterocycles. The second kappa shape index (κ2) is 5.69. The van der Waals surface area contributed by atoms with E-state index in [1.165, 1.54) is 0 Å². The van der Waals surface area contributed by atoms with Gasteiger partial charge in [0, 0.05) is 12.5 Å². The number of Topliss-reactive ketones (excluding diaryl/α,β-unsaturated/α-hetero) is 1. The lowest BCUT2D eigenvalue weighted by molar-refractivity contribution is 0.0844. The van der Waals surface area contributed by atoms with Crippen LogP contribution in [0.25, 0.3) is 5.69 Å². The van der Waals surface area contributed by atoms with Gasteiger partial charge in [-0.2, -0.15) is 5.10 Å². The zero-order valence-electron chi connectivity index (χ0n) is 12.2. The molecule has 1 aliphatic heterocycles. The second-order valence-electron chi connectivity index (χ2n) is 5.66. The third-order valence-electron chi connectivity index (χ3n) is 4.07. The summed E-state index contributed by atoms with van der Waals surface area (Å²) in [6, 6.07) is 9.63. The van der Waals surface area contributed by atoms with Crippen LogP contribution < -0.4 is 5.73 Å². The molecule has 1 saturated heterocycles. The first-order valence-electron chi connectivity index (χ1n) is 7.28. The molecule has 21 heavy (non-hydrogen) atoms. The van der Waals surface area contributed by atoms with Gasteiger partial charge in [-0.05, 0) is 38.6 Å². The Bertz CT molecular complexity index is 635. The topological polar surface area (TPSA) is 64.2 Å². The maximum absolute atomic E-state index is 12.7. The van der Waals surface area contributed by atoms with E-state index in [1.54, 1.807) is 10.9 Å². The number of nitrogens with two attached hydrogens (primary N) is 1. The summed E-state index contributed by atoms with van der Waals surface area (Å²) in [5, 5.41) is 4.28. The minimum Gasteiger partial charge on any atom is -0.383 e. The fourth-order valence-corrected chi connectivity index (χ4v) is 2.92. The van der Waals surface area contributed by atoms with Gasteiger partial charge in [0.25, 0.3) is 0 Å². The van der Waals surface area contributed by atoms with Crippen LogP contribution in [0.2, 0.25) is 0 Å². The van der Waals surface area contributed by atoms with Crippen LogP contribution in [-0.4, -0.2) is 40.6 Å². The van der Waals surface area contributed by atoms with Gasteiger partial charge in [-0.3, -0.25) is 4.79 Å². The van der Waals surface area contributed by atoms with Crippen molar-refractivity contribution >= 4 is 11.6 Å². The molecule has 2 N–H and O–H groups in total. The third kappa shape index (κ3) is 2.69. The highest BCUT2D eigenvalue weighted by Gasteiger charge is 2.27. The molecular weight excluding hydrogens is 264 g/mol. The quantitative estimate of drug-likeness (QED) is 0.875. The van der Waals surface area contributed by atoms with Crippen molar-refractivity contribution in [1.29, 1.82) is 0 Å². The van der Waals surface area contributed by atoms with E-state index in [4.69, 9.17) is 5.73 Å². The monoisotopic (exact) mass is 284 g/mol. The number of ketones is 1. The van der Waals surface area contributed by atoms with Gasteiger partial charge in [-0.15, -0.1) is 0 Å². The number of nitrogen functional groups attached to an aromatic ring is 1. The molecule has 1 fully saturated rings. The number of para-hydroxylation sites is 1. The standard InChI is InChI=1S/C16H20N4O/c1-19-9-5-6-12(11-19)15(21)14-10-18-20(16(14)17)13-7-3-2-4-8-13/h2-4,7-8,10,12H,5-6,9,11,17H2,1H3/t12-/m1/s1. The van der Waals surface area contributed by atoms with Gasteiger partial charge in [0.15, 0.2) is 5.78 Å². The molecule has 0 amide bonds. The van der Waals surface area contributed by atoms with Crippen molar-refractivity contribution in [2.75, 3.05) is 25.9 Å². The van der Waals surface area contributed by atoms with Gasteiger partial charge < -0.3 is 10.6 Å². The number of aromatic nitrogens is 2. The fraction of sp³-hybridized carbons (Fsp3) is 0.375. The molecule has 0 aliphatic carbocycles. The summed E-state index contributed by atoms with van der Waals surface area (Å²) in [6.45, 7) is 1.86. The van der Waals surface area contributed by atoms with Crippen LogP contribution in [0, 0.1) is 5.92 Å². The molecule has 5 nitrogen and oxygen atoms in total. The predicted octanol–water partition coefficient (Wildman–Crippen LogP) is 1.98. The molecule has 0 saturated carbocycles. The van der Waals surface area contributed by atoms with E-state index < -0.39 is 0 Å². The normalized spacial score (nSPS) is 19.6. The molecule has 0 bridgehead atoms. The van der Waals surface area contributed by atoms with Crippen LogP contribution in [0.1, 0.15) is 23.2 Å². The van der Waals surface area contributed by atoms with Gasteiger partial charge in [-0.25, -0.2) is 4.68 Å². The lowest BCUT2D eigenvalue weighted by atomic mass is 9.91. The molecule has 0 spiro atoms. The van der Waals surface area contributed by atoms with Crippen molar-refractivity contribution in [3.63, 3.8) is 0 Å². The second-order valence-corrected chi connectivity index (χ2v) is 5.66. The summed E-state index contributed by atoms with van der Waals surface area (Å²) in [6.07, 6.45) is 3.58. The van der Waals surface area contributed by atoms with Crippen molar-refractivity contribution in [3.8, 4) is 5.69 Å². The summed E-state index contributed by atoms with van der Waals surface area (Å²) in [4.78, 5) is 14.8. The van der Waals surface area contributed by atoms with Gasteiger partial charge in [-0.1, -0.05) is 18.2 Å². The maximum Gasteiger partial charge on any atom is 0.172 e. The van der Waals surface area contributed by atoms with Crippen molar-refractivity contribution in [1.82, 2.24) is 14.7 Å². The average Bonchev–Trinajstić information content (AvgIpc) is 2.89. The van der Waals surface area contributed by atoms with Crippen LogP contribution >= 0.6 is 0 Å². The van der Waals surface area contributed by atoms with Gasteiger partial charge in [0.05, 0.1) is 17.4 Å². The molecule has 3 rings (SSSR count). The average molecular weight is 284 g/mol. The smallest absolute Gasteiger partial charge is 0.172 e. The Kier molecular flexibility index (Phi) is 3.75. The van der Waals surface area contributed by atoms with Crippen LogP contribution in [0.4, 0.5) is 5.82 Å². The van der Waals surface area contributed by atoms with Crippen LogP contribution in [0.5, 0.6) is 0 Å². The molecule has 2 heterocycles. The Balaban J connectivity index is 1.87. The predicted molar refractivity (Wildman–Crippen MR) is 82.5 cm³/mol. The minimum absolute atomic E-state index is 0.0273. The molecule has 110 valence electrons. The first-order valence-corrected chi connectivity index (χ1v) is 7.28.